The second-order valence-corrected chi connectivity index (χ2v) is 4.01. The van der Waals surface area contributed by atoms with Crippen molar-refractivity contribution in [2.75, 3.05) is 6.54 Å². The summed E-state index contributed by atoms with van der Waals surface area (Å²) in [4.78, 5) is 25.3. The lowest BCUT2D eigenvalue weighted by atomic mass is 10.0. The van der Waals surface area contributed by atoms with Crippen molar-refractivity contribution in [2.45, 2.75) is 26.4 Å². The standard InChI is InChI=1S/C14H17NO3/c1-2-6-13(9-15-11-16)14(17)18-10-12-7-4-3-5-8-12/h3-5,7-8,13H,2,6,9-10H2,1H3/t13-/m0/s1. The first kappa shape index (κ1) is 14.1. The van der Waals surface area contributed by atoms with Crippen molar-refractivity contribution >= 4 is 12.0 Å². The first-order valence-corrected chi connectivity index (χ1v) is 6.02. The molecule has 0 amide bonds. The Labute approximate surface area is 107 Å². The van der Waals surface area contributed by atoms with Gasteiger partial charge in [0.1, 0.15) is 6.61 Å². The van der Waals surface area contributed by atoms with Crippen molar-refractivity contribution in [1.82, 2.24) is 0 Å². The van der Waals surface area contributed by atoms with Crippen LogP contribution in [0.2, 0.25) is 0 Å². The third-order valence-electron chi connectivity index (χ3n) is 2.57. The van der Waals surface area contributed by atoms with Gasteiger partial charge in [0, 0.05) is 0 Å². The summed E-state index contributed by atoms with van der Waals surface area (Å²) in [5.41, 5.74) is 0.944. The molecule has 4 heteroatoms. The van der Waals surface area contributed by atoms with Crippen LogP contribution in [0.1, 0.15) is 25.3 Å². The fourth-order valence-corrected chi connectivity index (χ4v) is 1.63. The molecule has 18 heavy (non-hydrogen) atoms. The van der Waals surface area contributed by atoms with E-state index in [1.165, 1.54) is 6.08 Å². The van der Waals surface area contributed by atoms with E-state index in [1.807, 2.05) is 37.3 Å². The van der Waals surface area contributed by atoms with E-state index in [2.05, 4.69) is 4.99 Å². The normalized spacial score (nSPS) is 11.4. The van der Waals surface area contributed by atoms with Gasteiger partial charge in [0.25, 0.3) is 0 Å². The van der Waals surface area contributed by atoms with Crippen LogP contribution in [0.25, 0.3) is 0 Å². The highest BCUT2D eigenvalue weighted by molar-refractivity contribution is 5.72. The molecule has 96 valence electrons. The predicted molar refractivity (Wildman–Crippen MR) is 67.6 cm³/mol. The van der Waals surface area contributed by atoms with E-state index in [4.69, 9.17) is 4.74 Å². The van der Waals surface area contributed by atoms with Gasteiger partial charge in [-0.1, -0.05) is 43.7 Å². The zero-order valence-corrected chi connectivity index (χ0v) is 10.5. The molecule has 0 bridgehead atoms. The third-order valence-corrected chi connectivity index (χ3v) is 2.57. The van der Waals surface area contributed by atoms with Crippen molar-refractivity contribution in [1.29, 1.82) is 0 Å². The van der Waals surface area contributed by atoms with Gasteiger partial charge in [-0.15, -0.1) is 0 Å². The van der Waals surface area contributed by atoms with Crippen LogP contribution in [0.15, 0.2) is 35.3 Å². The number of carbonyl (C=O) groups is 1. The lowest BCUT2D eigenvalue weighted by Gasteiger charge is -2.12. The average molecular weight is 247 g/mol. The fraction of sp³-hybridized carbons (Fsp3) is 0.429. The van der Waals surface area contributed by atoms with Gasteiger partial charge < -0.3 is 4.74 Å². The van der Waals surface area contributed by atoms with Gasteiger partial charge in [-0.2, -0.15) is 0 Å². The van der Waals surface area contributed by atoms with E-state index in [-0.39, 0.29) is 25.0 Å². The molecule has 0 saturated heterocycles. The maximum absolute atomic E-state index is 11.8. The molecule has 1 atom stereocenters. The minimum Gasteiger partial charge on any atom is -0.461 e. The average Bonchev–Trinajstić information content (AvgIpc) is 2.42. The summed E-state index contributed by atoms with van der Waals surface area (Å²) in [5.74, 6) is -0.653. The van der Waals surface area contributed by atoms with Gasteiger partial charge in [0.05, 0.1) is 12.5 Å². The van der Waals surface area contributed by atoms with Gasteiger partial charge in [0.2, 0.25) is 6.08 Å². The van der Waals surface area contributed by atoms with E-state index in [9.17, 15) is 9.59 Å². The number of esters is 1. The molecule has 0 unspecified atom stereocenters. The molecule has 0 aliphatic heterocycles. The molecule has 1 aromatic carbocycles. The first-order chi connectivity index (χ1) is 8.77. The molecular weight excluding hydrogens is 230 g/mol. The van der Waals surface area contributed by atoms with Crippen LogP contribution >= 0.6 is 0 Å². The zero-order chi connectivity index (χ0) is 13.2. The third kappa shape index (κ3) is 4.93. The minimum absolute atomic E-state index is 0.158. The highest BCUT2D eigenvalue weighted by atomic mass is 16.5. The summed E-state index contributed by atoms with van der Waals surface area (Å²) in [6, 6.07) is 9.48. The predicted octanol–water partition coefficient (Wildman–Crippen LogP) is 2.48. The summed E-state index contributed by atoms with van der Waals surface area (Å²) in [5, 5.41) is 0. The molecule has 1 aromatic rings. The summed E-state index contributed by atoms with van der Waals surface area (Å²) in [6.07, 6.45) is 2.96. The van der Waals surface area contributed by atoms with E-state index in [1.54, 1.807) is 0 Å². The van der Waals surface area contributed by atoms with E-state index in [0.717, 1.165) is 12.0 Å². The molecule has 0 aromatic heterocycles. The second kappa shape index (κ2) is 8.20. The van der Waals surface area contributed by atoms with Crippen molar-refractivity contribution in [3.8, 4) is 0 Å². The monoisotopic (exact) mass is 247 g/mol. The van der Waals surface area contributed by atoms with E-state index < -0.39 is 0 Å². The van der Waals surface area contributed by atoms with Gasteiger partial charge in [-0.3, -0.25) is 4.79 Å². The van der Waals surface area contributed by atoms with Crippen LogP contribution in [0.4, 0.5) is 0 Å². The fourth-order valence-electron chi connectivity index (χ4n) is 1.63. The van der Waals surface area contributed by atoms with Gasteiger partial charge >= 0.3 is 5.97 Å². The van der Waals surface area contributed by atoms with Gasteiger partial charge in [-0.25, -0.2) is 9.79 Å². The Hall–Kier alpha value is -1.93. The van der Waals surface area contributed by atoms with Gasteiger partial charge in [-0.05, 0) is 12.0 Å². The molecule has 0 heterocycles. The molecule has 0 spiro atoms. The number of carbonyl (C=O) groups excluding carboxylic acids is 2. The lowest BCUT2D eigenvalue weighted by molar-refractivity contribution is -0.149. The Morgan fingerprint density at radius 3 is 2.72 bits per heavy atom. The van der Waals surface area contributed by atoms with Crippen molar-refractivity contribution in [3.05, 3.63) is 35.9 Å². The van der Waals surface area contributed by atoms with Crippen LogP contribution in [0, 0.1) is 5.92 Å². The number of nitrogens with zero attached hydrogens (tertiary/aromatic N) is 1. The Morgan fingerprint density at radius 1 is 1.39 bits per heavy atom. The summed E-state index contributed by atoms with van der Waals surface area (Å²) < 4.78 is 5.21. The summed E-state index contributed by atoms with van der Waals surface area (Å²) in [6.45, 7) is 2.39. The molecular formula is C14H17NO3. The number of aliphatic imine (C=N–C) groups is 1. The van der Waals surface area contributed by atoms with Crippen LogP contribution in [-0.4, -0.2) is 18.6 Å². The molecule has 1 rings (SSSR count). The van der Waals surface area contributed by atoms with Crippen LogP contribution < -0.4 is 0 Å². The van der Waals surface area contributed by atoms with Crippen molar-refractivity contribution < 1.29 is 14.3 Å². The minimum atomic E-state index is -0.347. The second-order valence-electron chi connectivity index (χ2n) is 4.01. The zero-order valence-electron chi connectivity index (χ0n) is 10.5. The van der Waals surface area contributed by atoms with Crippen LogP contribution in [-0.2, 0) is 20.9 Å². The first-order valence-electron chi connectivity index (χ1n) is 6.02. The molecule has 0 radical (unpaired) electrons. The largest absolute Gasteiger partial charge is 0.461 e. The smallest absolute Gasteiger partial charge is 0.311 e. The molecule has 0 aliphatic rings. The Kier molecular flexibility index (Phi) is 6.44. The molecule has 4 nitrogen and oxygen atoms in total. The Balaban J connectivity index is 2.48. The number of hydrogen-bond acceptors (Lipinski definition) is 4. The van der Waals surface area contributed by atoms with Crippen LogP contribution in [0.5, 0.6) is 0 Å². The number of ether oxygens (including phenoxy) is 1. The Morgan fingerprint density at radius 2 is 2.11 bits per heavy atom. The number of hydrogen-bond donors (Lipinski definition) is 0. The molecule has 0 N–H and O–H groups in total. The maximum atomic E-state index is 11.8. The number of isocyanates is 1. The molecule has 0 aliphatic carbocycles. The lowest BCUT2D eigenvalue weighted by Crippen LogP contribution is -2.20. The number of rotatable bonds is 7. The molecule has 0 saturated carbocycles. The topological polar surface area (TPSA) is 55.7 Å². The highest BCUT2D eigenvalue weighted by Gasteiger charge is 2.18. The van der Waals surface area contributed by atoms with Crippen molar-refractivity contribution in [3.63, 3.8) is 0 Å². The van der Waals surface area contributed by atoms with E-state index >= 15 is 0 Å². The van der Waals surface area contributed by atoms with Crippen LogP contribution in [0.3, 0.4) is 0 Å². The molecule has 0 fully saturated rings. The van der Waals surface area contributed by atoms with Gasteiger partial charge in [0.15, 0.2) is 0 Å². The summed E-state index contributed by atoms with van der Waals surface area (Å²) >= 11 is 0. The highest BCUT2D eigenvalue weighted by Crippen LogP contribution is 2.11. The quantitative estimate of drug-likeness (QED) is 0.422. The maximum Gasteiger partial charge on any atom is 0.311 e. The SMILES string of the molecule is CCC[C@@H](CN=C=O)C(=O)OCc1ccccc1. The Bertz CT molecular complexity index is 410. The summed E-state index contributed by atoms with van der Waals surface area (Å²) in [7, 11) is 0. The van der Waals surface area contributed by atoms with E-state index in [0.29, 0.717) is 6.42 Å². The van der Waals surface area contributed by atoms with Crippen molar-refractivity contribution in [2.24, 2.45) is 10.9 Å². The number of benzene rings is 1.